The quantitative estimate of drug-likeness (QED) is 0.784. The molecule has 2 aliphatic heterocycles. The van der Waals surface area contributed by atoms with Gasteiger partial charge in [-0.05, 0) is 40.2 Å². The van der Waals surface area contributed by atoms with Gasteiger partial charge in [-0.3, -0.25) is 23.9 Å². The van der Waals surface area contributed by atoms with Crippen molar-refractivity contribution < 1.29 is 9.59 Å². The lowest BCUT2D eigenvalue weighted by molar-refractivity contribution is -0.135. The van der Waals surface area contributed by atoms with Crippen molar-refractivity contribution in [1.82, 2.24) is 19.7 Å². The third kappa shape index (κ3) is 4.39. The van der Waals surface area contributed by atoms with E-state index in [0.717, 1.165) is 18.7 Å². The fourth-order valence-corrected chi connectivity index (χ4v) is 5.05. The SMILES string of the molecule is CC(=O)N1C[C@H]2C[C@@H](C1)[C@H](C(=O)NCCN(C(C)C)C(C)C)n1c2cccc1=O. The molecule has 1 saturated heterocycles. The van der Waals surface area contributed by atoms with Crippen LogP contribution in [-0.4, -0.2) is 64.4 Å². The largest absolute Gasteiger partial charge is 0.353 e. The Labute approximate surface area is 173 Å². The van der Waals surface area contributed by atoms with E-state index in [0.29, 0.717) is 31.7 Å². The van der Waals surface area contributed by atoms with E-state index in [2.05, 4.69) is 37.9 Å². The summed E-state index contributed by atoms with van der Waals surface area (Å²) in [5.41, 5.74) is 0.727. The van der Waals surface area contributed by atoms with Crippen LogP contribution in [0.3, 0.4) is 0 Å². The van der Waals surface area contributed by atoms with Gasteiger partial charge in [0.2, 0.25) is 11.8 Å². The molecule has 0 aromatic carbocycles. The van der Waals surface area contributed by atoms with Crippen LogP contribution < -0.4 is 10.9 Å². The van der Waals surface area contributed by atoms with Crippen molar-refractivity contribution in [1.29, 1.82) is 0 Å². The summed E-state index contributed by atoms with van der Waals surface area (Å²) in [5.74, 6) is -0.0412. The summed E-state index contributed by atoms with van der Waals surface area (Å²) in [4.78, 5) is 42.1. The van der Waals surface area contributed by atoms with Crippen LogP contribution in [0.1, 0.15) is 58.7 Å². The molecule has 2 bridgehead atoms. The average Bonchev–Trinajstić information content (AvgIpc) is 2.65. The number of nitrogens with one attached hydrogen (secondary N) is 1. The molecule has 1 N–H and O–H groups in total. The molecule has 0 saturated carbocycles. The summed E-state index contributed by atoms with van der Waals surface area (Å²) in [6, 6.07) is 5.42. The standard InChI is InChI=1S/C22H34N4O3/c1-14(2)25(15(3)4)10-9-23-22(29)21-18-11-17(12-24(13-18)16(5)27)19-7-6-8-20(28)26(19)21/h6-8,14-15,17-18,21H,9-13H2,1-5H3,(H,23,29)/t17-,18+,21-/m1/s1. The first-order valence-corrected chi connectivity index (χ1v) is 10.7. The average molecular weight is 403 g/mol. The Kier molecular flexibility index (Phi) is 6.46. The maximum absolute atomic E-state index is 13.2. The van der Waals surface area contributed by atoms with Crippen LogP contribution in [0.25, 0.3) is 0 Å². The van der Waals surface area contributed by atoms with Gasteiger partial charge < -0.3 is 10.2 Å². The maximum Gasteiger partial charge on any atom is 0.251 e. The van der Waals surface area contributed by atoms with Gasteiger partial charge in [-0.25, -0.2) is 0 Å². The Hall–Kier alpha value is -2.15. The summed E-state index contributed by atoms with van der Waals surface area (Å²) in [7, 11) is 0. The number of hydrogen-bond acceptors (Lipinski definition) is 4. The van der Waals surface area contributed by atoms with Crippen LogP contribution in [0, 0.1) is 5.92 Å². The van der Waals surface area contributed by atoms with Crippen LogP contribution in [0.4, 0.5) is 0 Å². The molecule has 0 aliphatic carbocycles. The zero-order valence-electron chi connectivity index (χ0n) is 18.2. The Morgan fingerprint density at radius 1 is 1.17 bits per heavy atom. The first kappa shape index (κ1) is 21.6. The highest BCUT2D eigenvalue weighted by Crippen LogP contribution is 2.41. The molecule has 7 nitrogen and oxygen atoms in total. The molecule has 3 atom stereocenters. The number of fused-ring (bicyclic) bond motifs is 4. The monoisotopic (exact) mass is 402 g/mol. The second kappa shape index (κ2) is 8.69. The lowest BCUT2D eigenvalue weighted by Crippen LogP contribution is -2.54. The molecule has 1 aromatic rings. The molecule has 0 radical (unpaired) electrons. The fourth-order valence-electron chi connectivity index (χ4n) is 5.05. The van der Waals surface area contributed by atoms with Gasteiger partial charge in [0.05, 0.1) is 0 Å². The molecule has 2 aliphatic rings. The molecule has 7 heteroatoms. The number of nitrogens with zero attached hydrogens (tertiary/aromatic N) is 3. The molecular formula is C22H34N4O3. The summed E-state index contributed by atoms with van der Waals surface area (Å²) < 4.78 is 1.67. The number of rotatable bonds is 6. The molecule has 3 rings (SSSR count). The maximum atomic E-state index is 13.2. The Morgan fingerprint density at radius 3 is 2.48 bits per heavy atom. The number of likely N-dealkylation sites (tertiary alicyclic amines) is 1. The van der Waals surface area contributed by atoms with E-state index in [-0.39, 0.29) is 29.2 Å². The first-order chi connectivity index (χ1) is 13.7. The minimum Gasteiger partial charge on any atom is -0.353 e. The van der Waals surface area contributed by atoms with Gasteiger partial charge in [0.15, 0.2) is 0 Å². The smallest absolute Gasteiger partial charge is 0.251 e. The van der Waals surface area contributed by atoms with Gasteiger partial charge in [0.1, 0.15) is 6.04 Å². The number of hydrogen-bond donors (Lipinski definition) is 1. The van der Waals surface area contributed by atoms with Crippen molar-refractivity contribution in [3.63, 3.8) is 0 Å². The van der Waals surface area contributed by atoms with Crippen molar-refractivity contribution >= 4 is 11.8 Å². The Morgan fingerprint density at radius 2 is 1.86 bits per heavy atom. The summed E-state index contributed by atoms with van der Waals surface area (Å²) in [6.45, 7) is 12.6. The number of pyridine rings is 1. The zero-order valence-corrected chi connectivity index (χ0v) is 18.2. The molecular weight excluding hydrogens is 368 g/mol. The minimum absolute atomic E-state index is 0.0232. The van der Waals surface area contributed by atoms with E-state index in [1.807, 2.05) is 11.0 Å². The number of carbonyl (C=O) groups is 2. The van der Waals surface area contributed by atoms with Gasteiger partial charge in [-0.15, -0.1) is 0 Å². The van der Waals surface area contributed by atoms with Gasteiger partial charge in [-0.2, -0.15) is 0 Å². The molecule has 0 spiro atoms. The molecule has 3 heterocycles. The van der Waals surface area contributed by atoms with Crippen LogP contribution in [0.5, 0.6) is 0 Å². The van der Waals surface area contributed by atoms with E-state index in [1.54, 1.807) is 17.6 Å². The molecule has 1 aromatic heterocycles. The van der Waals surface area contributed by atoms with Crippen molar-refractivity contribution in [2.45, 2.75) is 65.1 Å². The predicted octanol–water partition coefficient (Wildman–Crippen LogP) is 1.59. The molecule has 0 unspecified atom stereocenters. The molecule has 1 fully saturated rings. The van der Waals surface area contributed by atoms with Crippen molar-refractivity contribution in [2.75, 3.05) is 26.2 Å². The second-order valence-electron chi connectivity index (χ2n) is 8.94. The summed E-state index contributed by atoms with van der Waals surface area (Å²) in [5, 5.41) is 3.06. The van der Waals surface area contributed by atoms with Gasteiger partial charge in [0, 0.05) is 68.8 Å². The third-order valence-electron chi connectivity index (χ3n) is 6.36. The second-order valence-corrected chi connectivity index (χ2v) is 8.94. The lowest BCUT2D eigenvalue weighted by atomic mass is 9.78. The first-order valence-electron chi connectivity index (χ1n) is 10.7. The summed E-state index contributed by atoms with van der Waals surface area (Å²) >= 11 is 0. The number of carbonyl (C=O) groups excluding carboxylic acids is 2. The van der Waals surface area contributed by atoms with Gasteiger partial charge in [-0.1, -0.05) is 6.07 Å². The number of aromatic nitrogens is 1. The van der Waals surface area contributed by atoms with E-state index < -0.39 is 6.04 Å². The van der Waals surface area contributed by atoms with Crippen LogP contribution in [-0.2, 0) is 9.59 Å². The molecule has 2 amide bonds. The van der Waals surface area contributed by atoms with E-state index in [4.69, 9.17) is 0 Å². The van der Waals surface area contributed by atoms with E-state index in [1.165, 1.54) is 6.07 Å². The van der Waals surface area contributed by atoms with Crippen molar-refractivity contribution in [2.24, 2.45) is 5.92 Å². The highest BCUT2D eigenvalue weighted by Gasteiger charge is 2.44. The highest BCUT2D eigenvalue weighted by atomic mass is 16.2. The fraction of sp³-hybridized carbons (Fsp3) is 0.682. The van der Waals surface area contributed by atoms with E-state index >= 15 is 0 Å². The zero-order chi connectivity index (χ0) is 21.3. The van der Waals surface area contributed by atoms with Crippen LogP contribution >= 0.6 is 0 Å². The van der Waals surface area contributed by atoms with Gasteiger partial charge >= 0.3 is 0 Å². The Balaban J connectivity index is 1.81. The third-order valence-corrected chi connectivity index (χ3v) is 6.36. The highest BCUT2D eigenvalue weighted by molar-refractivity contribution is 5.81. The van der Waals surface area contributed by atoms with Crippen LogP contribution in [0.2, 0.25) is 0 Å². The molecule has 160 valence electrons. The predicted molar refractivity (Wildman–Crippen MR) is 113 cm³/mol. The minimum atomic E-state index is -0.566. The Bertz CT molecular complexity index is 809. The van der Waals surface area contributed by atoms with Crippen molar-refractivity contribution in [3.05, 3.63) is 34.2 Å². The van der Waals surface area contributed by atoms with Crippen molar-refractivity contribution in [3.8, 4) is 0 Å². The van der Waals surface area contributed by atoms with E-state index in [9.17, 15) is 14.4 Å². The normalized spacial score (nSPS) is 23.4. The molecule has 29 heavy (non-hydrogen) atoms. The number of piperidine rings is 1. The summed E-state index contributed by atoms with van der Waals surface area (Å²) in [6.07, 6.45) is 0.829. The number of amides is 2. The topological polar surface area (TPSA) is 74.7 Å². The van der Waals surface area contributed by atoms with Gasteiger partial charge in [0.25, 0.3) is 5.56 Å². The van der Waals surface area contributed by atoms with Crippen LogP contribution in [0.15, 0.2) is 23.0 Å². The lowest BCUT2D eigenvalue weighted by Gasteiger charge is -2.46.